The van der Waals surface area contributed by atoms with E-state index in [1.165, 1.54) is 5.56 Å². The van der Waals surface area contributed by atoms with E-state index >= 15 is 0 Å². The Kier molecular flexibility index (Phi) is 4.79. The van der Waals surface area contributed by atoms with Gasteiger partial charge >= 0.3 is 0 Å². The standard InChI is InChI=1S/C16H17BrN2O/c1-11(12-5-3-2-4-6-12)10-19-16(20)13-7-8-15(18)14(17)9-13/h2-9,11H,10,18H2,1H3,(H,19,20). The predicted molar refractivity (Wildman–Crippen MR) is 85.7 cm³/mol. The van der Waals surface area contributed by atoms with Gasteiger partial charge in [0.25, 0.3) is 5.91 Å². The molecule has 1 unspecified atom stereocenters. The Morgan fingerprint density at radius 2 is 1.95 bits per heavy atom. The molecule has 20 heavy (non-hydrogen) atoms. The Labute approximate surface area is 127 Å². The maximum absolute atomic E-state index is 12.1. The summed E-state index contributed by atoms with van der Waals surface area (Å²) in [5.74, 6) is 0.186. The molecule has 2 rings (SSSR count). The highest BCUT2D eigenvalue weighted by molar-refractivity contribution is 9.10. The van der Waals surface area contributed by atoms with Crippen LogP contribution in [-0.2, 0) is 0 Å². The van der Waals surface area contributed by atoms with Crippen LogP contribution < -0.4 is 11.1 Å². The van der Waals surface area contributed by atoms with Crippen molar-refractivity contribution in [2.45, 2.75) is 12.8 Å². The quantitative estimate of drug-likeness (QED) is 0.841. The molecule has 2 aromatic carbocycles. The van der Waals surface area contributed by atoms with Gasteiger partial charge in [0, 0.05) is 22.3 Å². The molecule has 0 fully saturated rings. The maximum atomic E-state index is 12.1. The minimum Gasteiger partial charge on any atom is -0.398 e. The number of anilines is 1. The fraction of sp³-hybridized carbons (Fsp3) is 0.188. The highest BCUT2D eigenvalue weighted by atomic mass is 79.9. The van der Waals surface area contributed by atoms with Crippen molar-refractivity contribution in [2.75, 3.05) is 12.3 Å². The number of carbonyl (C=O) groups is 1. The molecule has 3 nitrogen and oxygen atoms in total. The molecule has 104 valence electrons. The molecule has 0 radical (unpaired) electrons. The van der Waals surface area contributed by atoms with E-state index in [2.05, 4.69) is 40.3 Å². The second-order valence-electron chi connectivity index (χ2n) is 4.76. The van der Waals surface area contributed by atoms with E-state index in [0.29, 0.717) is 17.8 Å². The third-order valence-electron chi connectivity index (χ3n) is 3.20. The summed E-state index contributed by atoms with van der Waals surface area (Å²) in [5.41, 5.74) is 8.15. The molecule has 2 aromatic rings. The first kappa shape index (κ1) is 14.6. The first-order valence-electron chi connectivity index (χ1n) is 6.46. The van der Waals surface area contributed by atoms with Gasteiger partial charge in [0.2, 0.25) is 0 Å². The van der Waals surface area contributed by atoms with Crippen LogP contribution in [-0.4, -0.2) is 12.5 Å². The van der Waals surface area contributed by atoms with E-state index in [9.17, 15) is 4.79 Å². The van der Waals surface area contributed by atoms with Gasteiger partial charge in [-0.05, 0) is 45.6 Å². The molecule has 1 atom stereocenters. The van der Waals surface area contributed by atoms with Gasteiger partial charge in [-0.3, -0.25) is 4.79 Å². The van der Waals surface area contributed by atoms with Crippen LogP contribution in [0.25, 0.3) is 0 Å². The molecular formula is C16H17BrN2O. The summed E-state index contributed by atoms with van der Waals surface area (Å²) in [6.45, 7) is 2.69. The van der Waals surface area contributed by atoms with Gasteiger partial charge in [0.1, 0.15) is 0 Å². The van der Waals surface area contributed by atoms with Gasteiger partial charge in [-0.2, -0.15) is 0 Å². The zero-order chi connectivity index (χ0) is 14.5. The van der Waals surface area contributed by atoms with Gasteiger partial charge < -0.3 is 11.1 Å². The van der Waals surface area contributed by atoms with Crippen LogP contribution in [0, 0.1) is 0 Å². The molecule has 0 saturated carbocycles. The first-order valence-corrected chi connectivity index (χ1v) is 7.25. The fourth-order valence-corrected chi connectivity index (χ4v) is 2.29. The Hall–Kier alpha value is -1.81. The lowest BCUT2D eigenvalue weighted by Crippen LogP contribution is -2.27. The molecule has 3 N–H and O–H groups in total. The van der Waals surface area contributed by atoms with E-state index in [1.54, 1.807) is 18.2 Å². The summed E-state index contributed by atoms with van der Waals surface area (Å²) < 4.78 is 0.737. The van der Waals surface area contributed by atoms with Crippen LogP contribution in [0.15, 0.2) is 53.0 Å². The average molecular weight is 333 g/mol. The number of amides is 1. The minimum atomic E-state index is -0.0894. The van der Waals surface area contributed by atoms with Crippen LogP contribution in [0.3, 0.4) is 0 Å². The molecule has 0 aromatic heterocycles. The van der Waals surface area contributed by atoms with Crippen LogP contribution in [0.2, 0.25) is 0 Å². The first-order chi connectivity index (χ1) is 9.58. The van der Waals surface area contributed by atoms with Gasteiger partial charge in [-0.25, -0.2) is 0 Å². The zero-order valence-electron chi connectivity index (χ0n) is 11.3. The summed E-state index contributed by atoms with van der Waals surface area (Å²) in [4.78, 5) is 12.1. The van der Waals surface area contributed by atoms with Gasteiger partial charge in [-0.1, -0.05) is 37.3 Å². The molecule has 4 heteroatoms. The molecule has 1 amide bonds. The lowest BCUT2D eigenvalue weighted by Gasteiger charge is -2.13. The number of halogens is 1. The summed E-state index contributed by atoms with van der Waals surface area (Å²) >= 11 is 3.33. The minimum absolute atomic E-state index is 0.0894. The number of hydrogen-bond donors (Lipinski definition) is 2. The van der Waals surface area contributed by atoms with E-state index in [4.69, 9.17) is 5.73 Å². The van der Waals surface area contributed by atoms with Crippen molar-refractivity contribution in [2.24, 2.45) is 0 Å². The van der Waals surface area contributed by atoms with Gasteiger partial charge in [-0.15, -0.1) is 0 Å². The number of nitrogen functional groups attached to an aromatic ring is 1. The van der Waals surface area contributed by atoms with E-state index in [-0.39, 0.29) is 11.8 Å². The predicted octanol–water partition coefficient (Wildman–Crippen LogP) is 3.56. The third-order valence-corrected chi connectivity index (χ3v) is 3.89. The summed E-state index contributed by atoms with van der Waals surface area (Å²) in [6.07, 6.45) is 0. The van der Waals surface area contributed by atoms with Crippen molar-refractivity contribution in [3.63, 3.8) is 0 Å². The Balaban J connectivity index is 1.97. The highest BCUT2D eigenvalue weighted by Gasteiger charge is 2.10. The molecular weight excluding hydrogens is 316 g/mol. The number of hydrogen-bond acceptors (Lipinski definition) is 2. The molecule has 0 aliphatic heterocycles. The summed E-state index contributed by atoms with van der Waals surface area (Å²) in [6, 6.07) is 15.3. The Morgan fingerprint density at radius 1 is 1.25 bits per heavy atom. The lowest BCUT2D eigenvalue weighted by atomic mass is 10.0. The number of rotatable bonds is 4. The summed E-state index contributed by atoms with van der Waals surface area (Å²) in [5, 5.41) is 2.94. The van der Waals surface area contributed by atoms with Crippen LogP contribution in [0.5, 0.6) is 0 Å². The second-order valence-corrected chi connectivity index (χ2v) is 5.61. The molecule has 0 bridgehead atoms. The van der Waals surface area contributed by atoms with E-state index in [0.717, 1.165) is 4.47 Å². The third kappa shape index (κ3) is 3.61. The molecule has 0 spiro atoms. The van der Waals surface area contributed by atoms with Crippen molar-refractivity contribution in [3.8, 4) is 0 Å². The normalized spacial score (nSPS) is 11.9. The molecule has 0 aliphatic carbocycles. The van der Waals surface area contributed by atoms with Crippen molar-refractivity contribution in [1.82, 2.24) is 5.32 Å². The van der Waals surface area contributed by atoms with Crippen molar-refractivity contribution in [3.05, 3.63) is 64.1 Å². The van der Waals surface area contributed by atoms with E-state index < -0.39 is 0 Å². The average Bonchev–Trinajstić information content (AvgIpc) is 2.48. The maximum Gasteiger partial charge on any atom is 0.251 e. The molecule has 0 heterocycles. The van der Waals surface area contributed by atoms with Crippen LogP contribution in [0.1, 0.15) is 28.8 Å². The molecule has 0 saturated heterocycles. The van der Waals surface area contributed by atoms with Crippen molar-refractivity contribution < 1.29 is 4.79 Å². The van der Waals surface area contributed by atoms with Crippen molar-refractivity contribution in [1.29, 1.82) is 0 Å². The van der Waals surface area contributed by atoms with Crippen molar-refractivity contribution >= 4 is 27.5 Å². The van der Waals surface area contributed by atoms with E-state index in [1.807, 2.05) is 18.2 Å². The van der Waals surface area contributed by atoms with Gasteiger partial charge in [0.15, 0.2) is 0 Å². The number of nitrogens with one attached hydrogen (secondary N) is 1. The smallest absolute Gasteiger partial charge is 0.251 e. The highest BCUT2D eigenvalue weighted by Crippen LogP contribution is 2.20. The molecule has 0 aliphatic rings. The van der Waals surface area contributed by atoms with Crippen LogP contribution >= 0.6 is 15.9 Å². The largest absolute Gasteiger partial charge is 0.398 e. The Morgan fingerprint density at radius 3 is 2.60 bits per heavy atom. The van der Waals surface area contributed by atoms with Crippen LogP contribution in [0.4, 0.5) is 5.69 Å². The SMILES string of the molecule is CC(CNC(=O)c1ccc(N)c(Br)c1)c1ccccc1. The Bertz CT molecular complexity index is 599. The zero-order valence-corrected chi connectivity index (χ0v) is 12.9. The monoisotopic (exact) mass is 332 g/mol. The fourth-order valence-electron chi connectivity index (χ4n) is 1.92. The topological polar surface area (TPSA) is 55.1 Å². The number of carbonyl (C=O) groups excluding carboxylic acids is 1. The summed E-state index contributed by atoms with van der Waals surface area (Å²) in [7, 11) is 0. The lowest BCUT2D eigenvalue weighted by molar-refractivity contribution is 0.0951. The van der Waals surface area contributed by atoms with Gasteiger partial charge in [0.05, 0.1) is 0 Å². The second kappa shape index (κ2) is 6.57. The number of nitrogens with two attached hydrogens (primary N) is 1. The number of benzene rings is 2.